The first kappa shape index (κ1) is 29.7. The molecule has 1 aliphatic heterocycles. The average molecular weight is 586 g/mol. The lowest BCUT2D eigenvalue weighted by Crippen LogP contribution is -2.47. The van der Waals surface area contributed by atoms with Crippen molar-refractivity contribution in [2.75, 3.05) is 25.1 Å². The van der Waals surface area contributed by atoms with Crippen LogP contribution in [-0.4, -0.2) is 59.6 Å². The van der Waals surface area contributed by atoms with E-state index in [0.717, 1.165) is 34.9 Å². The number of hydrogen-bond acceptors (Lipinski definition) is 7. The monoisotopic (exact) mass is 586 g/mol. The molecule has 2 aromatic heterocycles. The van der Waals surface area contributed by atoms with E-state index in [4.69, 9.17) is 4.74 Å². The highest BCUT2D eigenvalue weighted by Gasteiger charge is 2.51. The van der Waals surface area contributed by atoms with Crippen molar-refractivity contribution in [2.24, 2.45) is 5.92 Å². The molecule has 0 saturated carbocycles. The SMILES string of the molecule is COC(=O)c1cn(-c2ccc(F)cc2F)c2nc(N3C[C@@H](C(F)(F)F)[C@H](NC(=O)OC(C)(C)C)C3)c(F)cc2c1=O. The lowest BCUT2D eigenvalue weighted by molar-refractivity contribution is -0.173. The van der Waals surface area contributed by atoms with Gasteiger partial charge in [0.1, 0.15) is 22.8 Å². The van der Waals surface area contributed by atoms with E-state index in [1.807, 2.05) is 0 Å². The van der Waals surface area contributed by atoms with Gasteiger partial charge >= 0.3 is 18.2 Å². The smallest absolute Gasteiger partial charge is 0.407 e. The van der Waals surface area contributed by atoms with Gasteiger partial charge in [-0.15, -0.1) is 0 Å². The number of benzene rings is 1. The van der Waals surface area contributed by atoms with Gasteiger partial charge in [-0.2, -0.15) is 13.2 Å². The Morgan fingerprint density at radius 3 is 2.32 bits per heavy atom. The second kappa shape index (κ2) is 10.6. The minimum absolute atomic E-state index is 0.398. The number of halogens is 6. The number of carbonyl (C=O) groups excluding carboxylic acids is 2. The standard InChI is InChI=1S/C26H24F6N4O5/c1-25(2,3)41-24(39)33-18-11-35(10-15(18)26(30,31)32)22-17(29)8-13-20(37)14(23(38)40-4)9-36(21(13)34-22)19-6-5-12(27)7-16(19)28/h5-9,15,18H,10-11H2,1-4H3,(H,33,39)/t15-,18-/m1/s1. The lowest BCUT2D eigenvalue weighted by Gasteiger charge is -2.25. The Balaban J connectivity index is 1.86. The summed E-state index contributed by atoms with van der Waals surface area (Å²) >= 11 is 0. The molecule has 1 saturated heterocycles. The van der Waals surface area contributed by atoms with Gasteiger partial charge < -0.3 is 19.7 Å². The Morgan fingerprint density at radius 1 is 1.05 bits per heavy atom. The van der Waals surface area contributed by atoms with Crippen molar-refractivity contribution in [3.63, 3.8) is 0 Å². The molecule has 1 N–H and O–H groups in total. The van der Waals surface area contributed by atoms with E-state index in [1.165, 1.54) is 20.8 Å². The fourth-order valence-electron chi connectivity index (χ4n) is 4.47. The third kappa shape index (κ3) is 6.07. The fraction of sp³-hybridized carbons (Fsp3) is 0.385. The molecule has 1 fully saturated rings. The number of aromatic nitrogens is 2. The van der Waals surface area contributed by atoms with Crippen LogP contribution in [0.4, 0.5) is 37.0 Å². The molecule has 0 radical (unpaired) electrons. The third-order valence-corrected chi connectivity index (χ3v) is 6.23. The molecule has 3 heterocycles. The van der Waals surface area contributed by atoms with Crippen molar-refractivity contribution in [1.29, 1.82) is 0 Å². The van der Waals surface area contributed by atoms with Crippen molar-refractivity contribution in [3.8, 4) is 5.69 Å². The highest BCUT2D eigenvalue weighted by Crippen LogP contribution is 2.37. The summed E-state index contributed by atoms with van der Waals surface area (Å²) in [5.41, 5.74) is -3.49. The second-order valence-electron chi connectivity index (χ2n) is 10.3. The maximum absolute atomic E-state index is 15.4. The number of alkyl halides is 3. The molecule has 1 aromatic carbocycles. The molecule has 1 aliphatic rings. The molecule has 0 bridgehead atoms. The van der Waals surface area contributed by atoms with Gasteiger partial charge in [0.05, 0.1) is 30.1 Å². The molecule has 41 heavy (non-hydrogen) atoms. The first-order valence-corrected chi connectivity index (χ1v) is 12.1. The van der Waals surface area contributed by atoms with Crippen LogP contribution >= 0.6 is 0 Å². The number of ether oxygens (including phenoxy) is 2. The number of alkyl carbamates (subject to hydrolysis) is 1. The van der Waals surface area contributed by atoms with Gasteiger partial charge in [-0.3, -0.25) is 9.36 Å². The van der Waals surface area contributed by atoms with Gasteiger partial charge in [0, 0.05) is 25.4 Å². The third-order valence-electron chi connectivity index (χ3n) is 6.23. The Morgan fingerprint density at radius 2 is 1.73 bits per heavy atom. The normalized spacial score (nSPS) is 17.6. The number of nitrogens with zero attached hydrogens (tertiary/aromatic N) is 3. The number of esters is 1. The van der Waals surface area contributed by atoms with Crippen LogP contribution in [0.5, 0.6) is 0 Å². The average Bonchev–Trinajstić information content (AvgIpc) is 3.27. The summed E-state index contributed by atoms with van der Waals surface area (Å²) in [5.74, 6) is -7.23. The van der Waals surface area contributed by atoms with Crippen LogP contribution in [0.2, 0.25) is 0 Å². The minimum Gasteiger partial charge on any atom is -0.465 e. The van der Waals surface area contributed by atoms with Crippen LogP contribution in [0.1, 0.15) is 31.1 Å². The molecule has 0 aliphatic carbocycles. The van der Waals surface area contributed by atoms with Crippen LogP contribution in [0.15, 0.2) is 35.3 Å². The van der Waals surface area contributed by atoms with Crippen LogP contribution in [-0.2, 0) is 9.47 Å². The number of rotatable bonds is 4. The Bertz CT molecular complexity index is 1580. The first-order valence-electron chi connectivity index (χ1n) is 12.1. The summed E-state index contributed by atoms with van der Waals surface area (Å²) in [7, 11) is 0.975. The Labute approximate surface area is 228 Å². The molecule has 0 unspecified atom stereocenters. The molecular formula is C26H24F6N4O5. The summed E-state index contributed by atoms with van der Waals surface area (Å²) in [5, 5.41) is 1.65. The quantitative estimate of drug-likeness (QED) is 0.355. The molecule has 0 spiro atoms. The largest absolute Gasteiger partial charge is 0.465 e. The summed E-state index contributed by atoms with van der Waals surface area (Å²) in [6.07, 6.45) is -5.06. The zero-order valence-corrected chi connectivity index (χ0v) is 22.1. The number of anilines is 1. The van der Waals surface area contributed by atoms with Crippen molar-refractivity contribution in [1.82, 2.24) is 14.9 Å². The molecule has 2 atom stereocenters. The molecule has 1 amide bonds. The molecule has 220 valence electrons. The molecule has 9 nitrogen and oxygen atoms in total. The van der Waals surface area contributed by atoms with Crippen LogP contribution < -0.4 is 15.6 Å². The number of fused-ring (bicyclic) bond motifs is 1. The maximum Gasteiger partial charge on any atom is 0.407 e. The number of nitrogens with one attached hydrogen (secondary N) is 1. The van der Waals surface area contributed by atoms with Gasteiger partial charge in [-0.05, 0) is 39.0 Å². The number of pyridine rings is 2. The lowest BCUT2D eigenvalue weighted by atomic mass is 10.0. The molecule has 15 heteroatoms. The van der Waals surface area contributed by atoms with Crippen molar-refractivity contribution >= 4 is 28.9 Å². The number of amides is 1. The summed E-state index contributed by atoms with van der Waals surface area (Å²) in [4.78, 5) is 42.5. The van der Waals surface area contributed by atoms with Gasteiger partial charge in [-0.25, -0.2) is 27.7 Å². The summed E-state index contributed by atoms with van der Waals surface area (Å²) in [6, 6.07) is 1.47. The highest BCUT2D eigenvalue weighted by molar-refractivity contribution is 5.93. The van der Waals surface area contributed by atoms with Crippen LogP contribution in [0.25, 0.3) is 16.7 Å². The highest BCUT2D eigenvalue weighted by atomic mass is 19.4. The molecular weight excluding hydrogens is 562 g/mol. The van der Waals surface area contributed by atoms with Gasteiger partial charge in [0.15, 0.2) is 17.3 Å². The number of hydrogen-bond donors (Lipinski definition) is 1. The van der Waals surface area contributed by atoms with Crippen molar-refractivity contribution < 1.29 is 45.4 Å². The Hall–Kier alpha value is -4.30. The zero-order chi connectivity index (χ0) is 30.4. The van der Waals surface area contributed by atoms with Gasteiger partial charge in [-0.1, -0.05) is 0 Å². The first-order chi connectivity index (χ1) is 19.0. The maximum atomic E-state index is 15.4. The fourth-order valence-corrected chi connectivity index (χ4v) is 4.47. The van der Waals surface area contributed by atoms with E-state index in [9.17, 15) is 36.3 Å². The Kier molecular flexibility index (Phi) is 7.67. The zero-order valence-electron chi connectivity index (χ0n) is 22.1. The van der Waals surface area contributed by atoms with E-state index in [0.29, 0.717) is 12.1 Å². The van der Waals surface area contributed by atoms with Crippen LogP contribution in [0, 0.1) is 23.4 Å². The minimum atomic E-state index is -4.81. The van der Waals surface area contributed by atoms with Crippen molar-refractivity contribution in [2.45, 2.75) is 38.6 Å². The van der Waals surface area contributed by atoms with Crippen LogP contribution in [0.3, 0.4) is 0 Å². The summed E-state index contributed by atoms with van der Waals surface area (Å²) < 4.78 is 96.0. The van der Waals surface area contributed by atoms with Gasteiger partial charge in [0.25, 0.3) is 0 Å². The van der Waals surface area contributed by atoms with E-state index in [1.54, 1.807) is 0 Å². The van der Waals surface area contributed by atoms with E-state index in [2.05, 4.69) is 15.0 Å². The number of methoxy groups -OCH3 is 1. The predicted octanol–water partition coefficient (Wildman–Crippen LogP) is 4.48. The van der Waals surface area contributed by atoms with E-state index >= 15 is 4.39 Å². The van der Waals surface area contributed by atoms with E-state index in [-0.39, 0.29) is 0 Å². The molecule has 3 aromatic rings. The second-order valence-corrected chi connectivity index (χ2v) is 10.3. The number of carbonyl (C=O) groups is 2. The van der Waals surface area contributed by atoms with Crippen molar-refractivity contribution in [3.05, 3.63) is 63.7 Å². The van der Waals surface area contributed by atoms with Gasteiger partial charge in [0.2, 0.25) is 5.43 Å². The summed E-state index contributed by atoms with van der Waals surface area (Å²) in [6.45, 7) is 3.21. The molecule has 4 rings (SSSR count). The predicted molar refractivity (Wildman–Crippen MR) is 133 cm³/mol. The topological polar surface area (TPSA) is 103 Å². The van der Waals surface area contributed by atoms with E-state index < -0.39 is 99.9 Å².